The summed E-state index contributed by atoms with van der Waals surface area (Å²) in [6.45, 7) is 6.61. The average Bonchev–Trinajstić information content (AvgIpc) is 2.89. The molecule has 4 amide bonds. The largest absolute Gasteiger partial charge is 0.369 e. The SMILES string of the molecule is CC1CC(C)(C)N(C)c2cc(Cl)c(/C=C3/C(=O)NC(=O)N(c4ccc(C56CC7CC(CC(C7)C5)C6)cc4)C3=O)cc21. The van der Waals surface area contributed by atoms with E-state index in [-0.39, 0.29) is 22.4 Å². The van der Waals surface area contributed by atoms with Crippen LogP contribution in [0.25, 0.3) is 6.08 Å². The third kappa shape index (κ3) is 4.24. The minimum Gasteiger partial charge on any atom is -0.369 e. The van der Waals surface area contributed by atoms with Gasteiger partial charge >= 0.3 is 6.03 Å². The van der Waals surface area contributed by atoms with Crippen LogP contribution in [0, 0.1) is 17.8 Å². The van der Waals surface area contributed by atoms with Crippen molar-refractivity contribution in [3.05, 3.63) is 63.7 Å². The number of halogens is 1. The molecule has 214 valence electrons. The molecule has 2 aliphatic heterocycles. The number of nitrogens with one attached hydrogen (secondary N) is 1. The molecule has 0 spiro atoms. The average molecular weight is 572 g/mol. The highest BCUT2D eigenvalue weighted by Gasteiger charge is 2.51. The van der Waals surface area contributed by atoms with Crippen LogP contribution in [0.1, 0.15) is 88.3 Å². The van der Waals surface area contributed by atoms with Crippen molar-refractivity contribution in [2.45, 2.75) is 82.6 Å². The highest BCUT2D eigenvalue weighted by molar-refractivity contribution is 6.40. The summed E-state index contributed by atoms with van der Waals surface area (Å²) in [6, 6.07) is 11.1. The second-order valence-electron chi connectivity index (χ2n) is 14.1. The van der Waals surface area contributed by atoms with Crippen LogP contribution in [0.3, 0.4) is 0 Å². The lowest BCUT2D eigenvalue weighted by Gasteiger charge is -2.57. The molecule has 1 saturated heterocycles. The number of amides is 4. The van der Waals surface area contributed by atoms with Crippen LogP contribution in [0.5, 0.6) is 0 Å². The lowest BCUT2D eigenvalue weighted by molar-refractivity contribution is -0.122. The van der Waals surface area contributed by atoms with Crippen LogP contribution in [0.4, 0.5) is 16.2 Å². The number of benzene rings is 2. The molecular formula is C34H38ClN3O3. The van der Waals surface area contributed by atoms with Gasteiger partial charge in [0.05, 0.1) is 5.69 Å². The molecule has 0 radical (unpaired) electrons. The van der Waals surface area contributed by atoms with Gasteiger partial charge in [0.2, 0.25) is 0 Å². The summed E-state index contributed by atoms with van der Waals surface area (Å²) in [7, 11) is 2.06. The number of nitrogens with zero attached hydrogens (tertiary/aromatic N) is 2. The van der Waals surface area contributed by atoms with Gasteiger partial charge in [-0.25, -0.2) is 9.69 Å². The zero-order valence-corrected chi connectivity index (χ0v) is 25.1. The third-order valence-electron chi connectivity index (χ3n) is 10.9. The Morgan fingerprint density at radius 1 is 0.927 bits per heavy atom. The summed E-state index contributed by atoms with van der Waals surface area (Å²) >= 11 is 6.72. The minimum atomic E-state index is -0.728. The van der Waals surface area contributed by atoms with E-state index in [4.69, 9.17) is 11.6 Å². The van der Waals surface area contributed by atoms with E-state index in [1.807, 2.05) is 24.3 Å². The molecule has 1 atom stereocenters. The van der Waals surface area contributed by atoms with E-state index in [0.29, 0.717) is 16.3 Å². The highest BCUT2D eigenvalue weighted by Crippen LogP contribution is 2.60. The number of barbiturate groups is 1. The third-order valence-corrected chi connectivity index (χ3v) is 11.3. The van der Waals surface area contributed by atoms with Gasteiger partial charge in [-0.3, -0.25) is 14.9 Å². The van der Waals surface area contributed by atoms with Crippen molar-refractivity contribution in [2.24, 2.45) is 17.8 Å². The molecule has 1 unspecified atom stereocenters. The summed E-state index contributed by atoms with van der Waals surface area (Å²) in [5, 5.41) is 2.82. The van der Waals surface area contributed by atoms with Crippen LogP contribution in [0.15, 0.2) is 42.0 Å². The van der Waals surface area contributed by atoms with E-state index in [2.05, 4.69) is 50.2 Å². The predicted molar refractivity (Wildman–Crippen MR) is 162 cm³/mol. The monoisotopic (exact) mass is 571 g/mol. The highest BCUT2D eigenvalue weighted by atomic mass is 35.5. The summed E-state index contributed by atoms with van der Waals surface area (Å²) < 4.78 is 0. The first-order valence-electron chi connectivity index (χ1n) is 15.0. The molecule has 2 heterocycles. The van der Waals surface area contributed by atoms with Gasteiger partial charge in [-0.1, -0.05) is 30.7 Å². The Bertz CT molecular complexity index is 1470. The smallest absolute Gasteiger partial charge is 0.335 e. The molecule has 7 heteroatoms. The summed E-state index contributed by atoms with van der Waals surface area (Å²) in [5.41, 5.74) is 4.67. The molecule has 0 aromatic heterocycles. The number of carbonyl (C=O) groups excluding carboxylic acids is 3. The topological polar surface area (TPSA) is 69.7 Å². The second kappa shape index (κ2) is 9.19. The number of hydrogen-bond donors (Lipinski definition) is 1. The van der Waals surface area contributed by atoms with Gasteiger partial charge in [0.25, 0.3) is 11.8 Å². The number of anilines is 2. The molecule has 5 fully saturated rings. The zero-order valence-electron chi connectivity index (χ0n) is 24.3. The van der Waals surface area contributed by atoms with Gasteiger partial charge in [-0.15, -0.1) is 0 Å². The quantitative estimate of drug-likeness (QED) is 0.312. The van der Waals surface area contributed by atoms with Crippen molar-refractivity contribution < 1.29 is 14.4 Å². The molecule has 6 nitrogen and oxygen atoms in total. The summed E-state index contributed by atoms with van der Waals surface area (Å²) in [4.78, 5) is 42.8. The lowest BCUT2D eigenvalue weighted by atomic mass is 9.48. The number of fused-ring (bicyclic) bond motifs is 1. The first-order valence-corrected chi connectivity index (χ1v) is 15.4. The fourth-order valence-electron chi connectivity index (χ4n) is 9.19. The van der Waals surface area contributed by atoms with Crippen LogP contribution < -0.4 is 15.1 Å². The fourth-order valence-corrected chi connectivity index (χ4v) is 9.40. The first-order chi connectivity index (χ1) is 19.4. The van der Waals surface area contributed by atoms with E-state index < -0.39 is 17.8 Å². The van der Waals surface area contributed by atoms with Crippen LogP contribution in [-0.4, -0.2) is 30.4 Å². The van der Waals surface area contributed by atoms with Crippen LogP contribution in [-0.2, 0) is 15.0 Å². The second-order valence-corrected chi connectivity index (χ2v) is 14.5. The number of urea groups is 1. The fraction of sp³-hybridized carbons (Fsp3) is 0.500. The van der Waals surface area contributed by atoms with Gasteiger partial charge < -0.3 is 4.90 Å². The van der Waals surface area contributed by atoms with Crippen molar-refractivity contribution in [2.75, 3.05) is 16.8 Å². The van der Waals surface area contributed by atoms with E-state index in [1.165, 1.54) is 50.2 Å². The van der Waals surface area contributed by atoms with Gasteiger partial charge in [0.1, 0.15) is 5.57 Å². The van der Waals surface area contributed by atoms with E-state index in [0.717, 1.165) is 40.3 Å². The maximum absolute atomic E-state index is 13.7. The number of rotatable bonds is 3. The summed E-state index contributed by atoms with van der Waals surface area (Å²) in [5.74, 6) is 1.44. The Labute approximate surface area is 247 Å². The van der Waals surface area contributed by atoms with Gasteiger partial charge in [-0.2, -0.15) is 0 Å². The standard InChI is InChI=1S/C34H38ClN3O3/c1-19-15-33(2,3)37(4)29-14-28(35)23(12-26(19)29)13-27-30(39)36-32(41)38(31(27)40)25-7-5-24(6-8-25)34-16-20-9-21(17-34)11-22(10-20)18-34/h5-8,12-14,19-22H,9-11,15-18H2,1-4H3,(H,36,39,41)/b27-13-. The number of imide groups is 2. The maximum Gasteiger partial charge on any atom is 0.335 e. The summed E-state index contributed by atoms with van der Waals surface area (Å²) in [6.07, 6.45) is 10.4. The van der Waals surface area contributed by atoms with Crippen LogP contribution >= 0.6 is 11.6 Å². The molecule has 1 N–H and O–H groups in total. The molecule has 41 heavy (non-hydrogen) atoms. The molecule has 2 aromatic carbocycles. The molecule has 4 aliphatic carbocycles. The van der Waals surface area contributed by atoms with Crippen molar-refractivity contribution in [3.63, 3.8) is 0 Å². The molecule has 6 aliphatic rings. The Morgan fingerprint density at radius 2 is 1.54 bits per heavy atom. The molecule has 4 saturated carbocycles. The van der Waals surface area contributed by atoms with Crippen molar-refractivity contribution >= 4 is 46.9 Å². The van der Waals surface area contributed by atoms with E-state index in [9.17, 15) is 14.4 Å². The Hall–Kier alpha value is -3.12. The number of hydrogen-bond acceptors (Lipinski definition) is 4. The lowest BCUT2D eigenvalue weighted by Crippen LogP contribution is -2.54. The van der Waals surface area contributed by atoms with Gasteiger partial charge in [-0.05, 0) is 135 Å². The maximum atomic E-state index is 13.7. The van der Waals surface area contributed by atoms with Gasteiger partial charge in [0.15, 0.2) is 0 Å². The Morgan fingerprint density at radius 3 is 2.15 bits per heavy atom. The van der Waals surface area contributed by atoms with E-state index in [1.54, 1.807) is 0 Å². The van der Waals surface area contributed by atoms with E-state index >= 15 is 0 Å². The predicted octanol–water partition coefficient (Wildman–Crippen LogP) is 7.20. The van der Waals surface area contributed by atoms with Crippen molar-refractivity contribution in [1.29, 1.82) is 0 Å². The normalized spacial score (nSPS) is 32.9. The molecular weight excluding hydrogens is 534 g/mol. The first kappa shape index (κ1) is 26.8. The Kier molecular flexibility index (Phi) is 6.00. The van der Waals surface area contributed by atoms with Crippen LogP contribution in [0.2, 0.25) is 5.02 Å². The Balaban J connectivity index is 1.19. The zero-order chi connectivity index (χ0) is 28.8. The van der Waals surface area contributed by atoms with Crippen molar-refractivity contribution in [3.8, 4) is 0 Å². The minimum absolute atomic E-state index is 0.0128. The molecule has 4 bridgehead atoms. The number of carbonyl (C=O) groups is 3. The molecule has 2 aromatic rings. The van der Waals surface area contributed by atoms with Crippen molar-refractivity contribution in [1.82, 2.24) is 5.32 Å². The molecule has 8 rings (SSSR count). The van der Waals surface area contributed by atoms with Gasteiger partial charge in [0, 0.05) is 23.3 Å².